The number of aromatic hydroxyl groups is 1. The van der Waals surface area contributed by atoms with Crippen molar-refractivity contribution in [3.05, 3.63) is 93.2 Å². The van der Waals surface area contributed by atoms with Crippen molar-refractivity contribution >= 4 is 17.5 Å². The number of pyridine rings is 1. The molecule has 34 heavy (non-hydrogen) atoms. The summed E-state index contributed by atoms with van der Waals surface area (Å²) < 4.78 is 21.4. The molecule has 174 valence electrons. The zero-order chi connectivity index (χ0) is 23.4. The smallest absolute Gasteiger partial charge is 0.224 e. The molecule has 0 aliphatic carbocycles. The van der Waals surface area contributed by atoms with Crippen LogP contribution in [0.4, 0.5) is 4.39 Å². The quantitative estimate of drug-likeness (QED) is 0.570. The van der Waals surface area contributed by atoms with Gasteiger partial charge in [-0.3, -0.25) is 19.3 Å². The lowest BCUT2D eigenvalue weighted by Crippen LogP contribution is -2.57. The Morgan fingerprint density at radius 3 is 2.68 bits per heavy atom. The van der Waals surface area contributed by atoms with E-state index in [1.54, 1.807) is 28.7 Å². The SMILES string of the molecule is O=C1c2c(O)c(=O)ccn2N(C2c3ccc(F)cc3CSc3ccccc32)CC12CCOCC2. The second kappa shape index (κ2) is 7.99. The molecule has 1 atom stereocenters. The van der Waals surface area contributed by atoms with E-state index in [2.05, 4.69) is 17.1 Å². The maximum absolute atomic E-state index is 14.2. The van der Waals surface area contributed by atoms with Crippen molar-refractivity contribution in [3.8, 4) is 5.75 Å². The Morgan fingerprint density at radius 2 is 1.85 bits per heavy atom. The average Bonchev–Trinajstić information content (AvgIpc) is 3.01. The van der Waals surface area contributed by atoms with Gasteiger partial charge in [-0.25, -0.2) is 4.39 Å². The Labute approximate surface area is 199 Å². The summed E-state index contributed by atoms with van der Waals surface area (Å²) in [6.07, 6.45) is 2.57. The number of ketones is 1. The minimum atomic E-state index is -0.780. The topological polar surface area (TPSA) is 71.8 Å². The second-order valence-electron chi connectivity index (χ2n) is 9.11. The first-order valence-corrected chi connectivity index (χ1v) is 12.3. The van der Waals surface area contributed by atoms with Crippen molar-refractivity contribution in [2.45, 2.75) is 29.5 Å². The Kier molecular flexibility index (Phi) is 5.04. The van der Waals surface area contributed by atoms with Crippen molar-refractivity contribution in [1.29, 1.82) is 0 Å². The molecule has 1 spiro atoms. The molecule has 0 saturated carbocycles. The number of rotatable bonds is 1. The molecule has 0 radical (unpaired) electrons. The molecule has 1 fully saturated rings. The molecule has 8 heteroatoms. The van der Waals surface area contributed by atoms with E-state index in [1.165, 1.54) is 12.1 Å². The van der Waals surface area contributed by atoms with Gasteiger partial charge < -0.3 is 9.84 Å². The van der Waals surface area contributed by atoms with Gasteiger partial charge in [0.1, 0.15) is 5.82 Å². The van der Waals surface area contributed by atoms with E-state index in [4.69, 9.17) is 4.74 Å². The average molecular weight is 479 g/mol. The number of carbonyl (C=O) groups excluding carboxylic acids is 1. The van der Waals surface area contributed by atoms with Crippen LogP contribution in [0.1, 0.15) is 46.1 Å². The maximum atomic E-state index is 14.2. The maximum Gasteiger partial charge on any atom is 0.224 e. The Balaban J connectivity index is 1.63. The first kappa shape index (κ1) is 21.4. The minimum absolute atomic E-state index is 0.0127. The number of fused-ring (bicyclic) bond motifs is 3. The van der Waals surface area contributed by atoms with Gasteiger partial charge in [-0.15, -0.1) is 11.8 Å². The van der Waals surface area contributed by atoms with Gasteiger partial charge in [0.05, 0.1) is 11.5 Å². The first-order valence-electron chi connectivity index (χ1n) is 11.3. The molecule has 3 aliphatic heterocycles. The van der Waals surface area contributed by atoms with Crippen LogP contribution in [0.2, 0.25) is 0 Å². The molecule has 6 nitrogen and oxygen atoms in total. The zero-order valence-corrected chi connectivity index (χ0v) is 19.2. The highest BCUT2D eigenvalue weighted by Gasteiger charge is 2.50. The van der Waals surface area contributed by atoms with E-state index in [-0.39, 0.29) is 23.3 Å². The fourth-order valence-electron chi connectivity index (χ4n) is 5.46. The molecular formula is C26H23FN2O4S. The Morgan fingerprint density at radius 1 is 1.06 bits per heavy atom. The Bertz CT molecular complexity index is 1370. The lowest BCUT2D eigenvalue weighted by atomic mass is 9.73. The molecule has 1 unspecified atom stereocenters. The van der Waals surface area contributed by atoms with E-state index < -0.39 is 16.6 Å². The van der Waals surface area contributed by atoms with Gasteiger partial charge in [0, 0.05) is 42.7 Å². The van der Waals surface area contributed by atoms with Crippen LogP contribution in [-0.4, -0.2) is 35.3 Å². The highest BCUT2D eigenvalue weighted by Crippen LogP contribution is 2.47. The number of hydrogen-bond donors (Lipinski definition) is 1. The summed E-state index contributed by atoms with van der Waals surface area (Å²) in [5, 5.41) is 12.8. The normalized spacial score (nSPS) is 20.9. The monoisotopic (exact) mass is 478 g/mol. The van der Waals surface area contributed by atoms with Gasteiger partial charge >= 0.3 is 0 Å². The number of benzene rings is 2. The van der Waals surface area contributed by atoms with Crippen molar-refractivity contribution in [1.82, 2.24) is 4.68 Å². The number of Topliss-reactive ketones (excluding diaryl/α,β-unsaturated/α-hetero) is 1. The summed E-state index contributed by atoms with van der Waals surface area (Å²) in [7, 11) is 0. The summed E-state index contributed by atoms with van der Waals surface area (Å²) in [4.78, 5) is 27.2. The standard InChI is InChI=1S/C26H23FN2O4S/c27-17-5-6-18-16(13-17)14-34-21-4-2-1-3-19(21)22(18)29-15-26(8-11-33-12-9-26)25(32)23-24(31)20(30)7-10-28(23)29/h1-7,10,13,22,31H,8-9,11-12,14-15H2. The molecule has 6 rings (SSSR count). The predicted octanol–water partition coefficient (Wildman–Crippen LogP) is 4.02. The number of nitrogens with zero attached hydrogens (tertiary/aromatic N) is 2. The van der Waals surface area contributed by atoms with Gasteiger partial charge in [0.15, 0.2) is 17.2 Å². The van der Waals surface area contributed by atoms with Crippen LogP contribution in [-0.2, 0) is 10.5 Å². The van der Waals surface area contributed by atoms with Crippen LogP contribution in [0.15, 0.2) is 64.4 Å². The van der Waals surface area contributed by atoms with Crippen LogP contribution in [0.3, 0.4) is 0 Å². The molecule has 1 aromatic heterocycles. The number of ether oxygens (including phenoxy) is 1. The highest BCUT2D eigenvalue weighted by atomic mass is 32.2. The zero-order valence-electron chi connectivity index (χ0n) is 18.4. The first-order chi connectivity index (χ1) is 16.5. The van der Waals surface area contributed by atoms with Gasteiger partial charge in [-0.1, -0.05) is 24.3 Å². The fourth-order valence-corrected chi connectivity index (χ4v) is 6.55. The summed E-state index contributed by atoms with van der Waals surface area (Å²) in [5.74, 6) is -0.425. The number of halogens is 1. The Hall–Kier alpha value is -3.10. The van der Waals surface area contributed by atoms with E-state index in [0.717, 1.165) is 21.6 Å². The molecule has 2 aromatic carbocycles. The largest absolute Gasteiger partial charge is 0.503 e. The van der Waals surface area contributed by atoms with Crippen LogP contribution in [0.25, 0.3) is 0 Å². The van der Waals surface area contributed by atoms with Gasteiger partial charge in [-0.05, 0) is 47.7 Å². The number of aromatic nitrogens is 1. The molecular weight excluding hydrogens is 455 g/mol. The summed E-state index contributed by atoms with van der Waals surface area (Å²) in [6.45, 7) is 1.28. The third kappa shape index (κ3) is 3.20. The predicted molar refractivity (Wildman–Crippen MR) is 127 cm³/mol. The van der Waals surface area contributed by atoms with Gasteiger partial charge in [-0.2, -0.15) is 0 Å². The van der Waals surface area contributed by atoms with Crippen LogP contribution in [0.5, 0.6) is 5.75 Å². The number of hydrogen-bond acceptors (Lipinski definition) is 6. The molecule has 1 N–H and O–H groups in total. The van der Waals surface area contributed by atoms with Crippen LogP contribution < -0.4 is 10.4 Å². The van der Waals surface area contributed by atoms with Crippen LogP contribution >= 0.6 is 11.8 Å². The molecule has 3 aliphatic rings. The second-order valence-corrected chi connectivity index (χ2v) is 10.1. The van der Waals surface area contributed by atoms with E-state index in [1.807, 2.05) is 18.2 Å². The van der Waals surface area contributed by atoms with Crippen LogP contribution in [0, 0.1) is 11.2 Å². The number of thioether (sulfide) groups is 1. The summed E-state index contributed by atoms with van der Waals surface area (Å²) >= 11 is 1.65. The van der Waals surface area contributed by atoms with E-state index in [0.29, 0.717) is 38.4 Å². The van der Waals surface area contributed by atoms with Crippen molar-refractivity contribution in [2.24, 2.45) is 5.41 Å². The molecule has 3 aromatic rings. The summed E-state index contributed by atoms with van der Waals surface area (Å²) in [5.41, 5.74) is 1.52. The van der Waals surface area contributed by atoms with Crippen molar-refractivity contribution in [2.75, 3.05) is 24.8 Å². The van der Waals surface area contributed by atoms with Gasteiger partial charge in [0.2, 0.25) is 5.43 Å². The van der Waals surface area contributed by atoms with E-state index >= 15 is 0 Å². The number of carbonyl (C=O) groups is 1. The lowest BCUT2D eigenvalue weighted by molar-refractivity contribution is 0.0123. The summed E-state index contributed by atoms with van der Waals surface area (Å²) in [6, 6.07) is 13.9. The van der Waals surface area contributed by atoms with Crippen molar-refractivity contribution < 1.29 is 19.0 Å². The minimum Gasteiger partial charge on any atom is -0.503 e. The molecule has 1 saturated heterocycles. The van der Waals surface area contributed by atoms with E-state index in [9.17, 15) is 19.1 Å². The molecule has 4 heterocycles. The highest BCUT2D eigenvalue weighted by molar-refractivity contribution is 7.98. The molecule has 0 bridgehead atoms. The van der Waals surface area contributed by atoms with Gasteiger partial charge in [0.25, 0.3) is 0 Å². The third-order valence-corrected chi connectivity index (χ3v) is 8.37. The van der Waals surface area contributed by atoms with Crippen molar-refractivity contribution in [3.63, 3.8) is 0 Å². The fraction of sp³-hybridized carbons (Fsp3) is 0.308. The third-order valence-electron chi connectivity index (χ3n) is 7.24. The lowest BCUT2D eigenvalue weighted by Gasteiger charge is -2.49. The molecule has 0 amide bonds.